The van der Waals surface area contributed by atoms with Crippen LogP contribution in [0.4, 0.5) is 0 Å². The van der Waals surface area contributed by atoms with Gasteiger partial charge in [-0.3, -0.25) is 9.11 Å². The van der Waals surface area contributed by atoms with Crippen LogP contribution in [0.3, 0.4) is 0 Å². The van der Waals surface area contributed by atoms with Crippen molar-refractivity contribution in [2.45, 2.75) is 16.7 Å². The quantitative estimate of drug-likeness (QED) is 0.713. The second-order valence-electron chi connectivity index (χ2n) is 4.23. The standard InChI is InChI=1S/C11H10O7S2/c1-6-2-9(19(13,14)15)4-7-3-8(12)5-10(11(6)7)20(16,17)18/h2-5,12H,1H3,(H,13,14,15)(H,16,17,18). The molecule has 2 rings (SSSR count). The third-order valence-electron chi connectivity index (χ3n) is 2.74. The highest BCUT2D eigenvalue weighted by atomic mass is 32.2. The predicted molar refractivity (Wildman–Crippen MR) is 70.0 cm³/mol. The highest BCUT2D eigenvalue weighted by molar-refractivity contribution is 7.86. The zero-order chi connectivity index (χ0) is 15.3. The van der Waals surface area contributed by atoms with Gasteiger partial charge in [0.15, 0.2) is 0 Å². The van der Waals surface area contributed by atoms with Gasteiger partial charge in [-0.15, -0.1) is 0 Å². The summed E-state index contributed by atoms with van der Waals surface area (Å²) in [5.74, 6) is -0.461. The Morgan fingerprint density at radius 1 is 0.900 bits per heavy atom. The molecule has 0 aliphatic heterocycles. The molecule has 0 bridgehead atoms. The zero-order valence-corrected chi connectivity index (χ0v) is 11.7. The molecule has 0 heterocycles. The molecule has 0 atom stereocenters. The van der Waals surface area contributed by atoms with Gasteiger partial charge in [-0.1, -0.05) is 0 Å². The first kappa shape index (κ1) is 14.7. The molecule has 0 amide bonds. The molecular formula is C11H10O7S2. The molecule has 9 heteroatoms. The van der Waals surface area contributed by atoms with Gasteiger partial charge in [0, 0.05) is 11.5 Å². The number of benzene rings is 2. The number of aromatic hydroxyl groups is 1. The Morgan fingerprint density at radius 3 is 2.00 bits per heavy atom. The fraction of sp³-hybridized carbons (Fsp3) is 0.0909. The lowest BCUT2D eigenvalue weighted by molar-refractivity contribution is 0.468. The van der Waals surface area contributed by atoms with Crippen LogP contribution in [-0.4, -0.2) is 31.0 Å². The maximum absolute atomic E-state index is 11.3. The van der Waals surface area contributed by atoms with Crippen LogP contribution in [0.2, 0.25) is 0 Å². The number of hydrogen-bond acceptors (Lipinski definition) is 5. The number of aryl methyl sites for hydroxylation is 1. The van der Waals surface area contributed by atoms with E-state index in [1.807, 2.05) is 0 Å². The molecular weight excluding hydrogens is 308 g/mol. The van der Waals surface area contributed by atoms with Crippen LogP contribution in [0.15, 0.2) is 34.1 Å². The average molecular weight is 318 g/mol. The van der Waals surface area contributed by atoms with Gasteiger partial charge < -0.3 is 5.11 Å². The van der Waals surface area contributed by atoms with Gasteiger partial charge in [0.1, 0.15) is 10.6 Å². The highest BCUT2D eigenvalue weighted by Gasteiger charge is 2.20. The minimum atomic E-state index is -4.59. The van der Waals surface area contributed by atoms with E-state index >= 15 is 0 Å². The summed E-state index contributed by atoms with van der Waals surface area (Å²) in [6, 6.07) is 4.07. The van der Waals surface area contributed by atoms with Crippen LogP contribution in [0.5, 0.6) is 5.75 Å². The van der Waals surface area contributed by atoms with Crippen LogP contribution >= 0.6 is 0 Å². The minimum absolute atomic E-state index is 0.0604. The topological polar surface area (TPSA) is 129 Å². The summed E-state index contributed by atoms with van der Waals surface area (Å²) in [4.78, 5) is -0.971. The minimum Gasteiger partial charge on any atom is -0.508 e. The second kappa shape index (κ2) is 4.42. The van der Waals surface area contributed by atoms with Crippen LogP contribution in [0, 0.1) is 6.92 Å². The Bertz CT molecular complexity index is 911. The Labute approximate surface area is 115 Å². The first-order chi connectivity index (χ1) is 9.00. The number of phenolic OH excluding ortho intramolecular Hbond substituents is 1. The van der Waals surface area contributed by atoms with E-state index in [1.54, 1.807) is 0 Å². The summed E-state index contributed by atoms with van der Waals surface area (Å²) >= 11 is 0. The molecule has 0 unspecified atom stereocenters. The fourth-order valence-electron chi connectivity index (χ4n) is 1.99. The molecule has 0 saturated carbocycles. The van der Waals surface area contributed by atoms with Crippen molar-refractivity contribution in [3.8, 4) is 5.75 Å². The number of rotatable bonds is 2. The largest absolute Gasteiger partial charge is 0.508 e. The molecule has 0 saturated heterocycles. The third-order valence-corrected chi connectivity index (χ3v) is 4.45. The number of fused-ring (bicyclic) bond motifs is 1. The van der Waals surface area contributed by atoms with Crippen molar-refractivity contribution in [1.82, 2.24) is 0 Å². The van der Waals surface area contributed by atoms with Crippen molar-refractivity contribution < 1.29 is 31.0 Å². The van der Waals surface area contributed by atoms with Gasteiger partial charge in [-0.25, -0.2) is 0 Å². The number of phenols is 1. The number of hydrogen-bond donors (Lipinski definition) is 3. The first-order valence-electron chi connectivity index (χ1n) is 5.22. The Balaban J connectivity index is 3.03. The monoisotopic (exact) mass is 318 g/mol. The lowest BCUT2D eigenvalue weighted by atomic mass is 10.1. The van der Waals surface area contributed by atoms with Crippen LogP contribution < -0.4 is 0 Å². The van der Waals surface area contributed by atoms with E-state index in [0.29, 0.717) is 0 Å². The molecule has 0 fully saturated rings. The van der Waals surface area contributed by atoms with Crippen molar-refractivity contribution in [1.29, 1.82) is 0 Å². The molecule has 7 nitrogen and oxygen atoms in total. The normalized spacial score (nSPS) is 12.8. The first-order valence-corrected chi connectivity index (χ1v) is 8.10. The van der Waals surface area contributed by atoms with Crippen molar-refractivity contribution in [3.05, 3.63) is 29.8 Å². The molecule has 0 aromatic heterocycles. The summed E-state index contributed by atoms with van der Waals surface area (Å²) in [7, 11) is -9.07. The summed E-state index contributed by atoms with van der Waals surface area (Å²) in [5.41, 5.74) is 0.211. The lowest BCUT2D eigenvalue weighted by Gasteiger charge is -2.10. The SMILES string of the molecule is Cc1cc(S(=O)(=O)O)cc2cc(O)cc(S(=O)(=O)O)c12. The van der Waals surface area contributed by atoms with Crippen molar-refractivity contribution >= 4 is 31.0 Å². The molecule has 3 N–H and O–H groups in total. The summed E-state index contributed by atoms with van der Waals surface area (Å²) < 4.78 is 63.0. The van der Waals surface area contributed by atoms with E-state index < -0.39 is 35.8 Å². The molecule has 2 aromatic carbocycles. The second-order valence-corrected chi connectivity index (χ2v) is 7.04. The lowest BCUT2D eigenvalue weighted by Crippen LogP contribution is -2.03. The van der Waals surface area contributed by atoms with E-state index in [1.165, 1.54) is 6.92 Å². The summed E-state index contributed by atoms with van der Waals surface area (Å²) in [6.45, 7) is 1.42. The van der Waals surface area contributed by atoms with Crippen LogP contribution in [0.25, 0.3) is 10.8 Å². The average Bonchev–Trinajstić information content (AvgIpc) is 2.24. The zero-order valence-electron chi connectivity index (χ0n) is 10.1. The van der Waals surface area contributed by atoms with E-state index in [9.17, 15) is 21.9 Å². The Kier molecular flexibility index (Phi) is 3.25. The molecule has 0 spiro atoms. The smallest absolute Gasteiger partial charge is 0.295 e. The molecule has 20 heavy (non-hydrogen) atoms. The van der Waals surface area contributed by atoms with Crippen molar-refractivity contribution in [2.24, 2.45) is 0 Å². The van der Waals surface area contributed by atoms with Crippen LogP contribution in [0.1, 0.15) is 5.56 Å². The maximum atomic E-state index is 11.3. The van der Waals surface area contributed by atoms with Gasteiger partial charge in [0.2, 0.25) is 0 Å². The molecule has 2 aromatic rings. The van der Waals surface area contributed by atoms with Crippen molar-refractivity contribution in [2.75, 3.05) is 0 Å². The highest BCUT2D eigenvalue weighted by Crippen LogP contribution is 2.32. The van der Waals surface area contributed by atoms with E-state index in [-0.39, 0.29) is 16.3 Å². The van der Waals surface area contributed by atoms with E-state index in [0.717, 1.165) is 24.3 Å². The predicted octanol–water partition coefficient (Wildman–Crippen LogP) is 1.35. The molecule has 108 valence electrons. The summed E-state index contributed by atoms with van der Waals surface area (Å²) in [6.07, 6.45) is 0. The van der Waals surface area contributed by atoms with Gasteiger partial charge >= 0.3 is 0 Å². The third kappa shape index (κ3) is 2.61. The van der Waals surface area contributed by atoms with Gasteiger partial charge in [-0.2, -0.15) is 16.8 Å². The van der Waals surface area contributed by atoms with E-state index in [2.05, 4.69) is 0 Å². The van der Waals surface area contributed by atoms with Gasteiger partial charge in [0.05, 0.1) is 4.90 Å². The Morgan fingerprint density at radius 2 is 1.50 bits per heavy atom. The molecule has 0 aliphatic rings. The van der Waals surface area contributed by atoms with Crippen LogP contribution in [-0.2, 0) is 20.2 Å². The summed E-state index contributed by atoms with van der Waals surface area (Å²) in [5, 5.41) is 9.60. The molecule has 0 aliphatic carbocycles. The van der Waals surface area contributed by atoms with Gasteiger partial charge in [-0.05, 0) is 36.1 Å². The Hall–Kier alpha value is -1.68. The van der Waals surface area contributed by atoms with E-state index in [4.69, 9.17) is 9.11 Å². The van der Waals surface area contributed by atoms with Gasteiger partial charge in [0.25, 0.3) is 20.2 Å². The van der Waals surface area contributed by atoms with Crippen molar-refractivity contribution in [3.63, 3.8) is 0 Å². The maximum Gasteiger partial charge on any atom is 0.295 e. The fourth-order valence-corrected chi connectivity index (χ4v) is 3.40. The molecule has 0 radical (unpaired) electrons.